The van der Waals surface area contributed by atoms with E-state index in [1.54, 1.807) is 12.1 Å². The first kappa shape index (κ1) is 12.0. The minimum Gasteiger partial charge on any atom is -0.480 e. The molecule has 0 radical (unpaired) electrons. The number of aliphatic carboxylic acids is 1. The summed E-state index contributed by atoms with van der Waals surface area (Å²) >= 11 is 11.3. The lowest BCUT2D eigenvalue weighted by molar-refractivity contribution is -0.135. The van der Waals surface area contributed by atoms with Crippen LogP contribution in [0.15, 0.2) is 12.1 Å². The molecule has 0 spiro atoms. The third kappa shape index (κ3) is 2.47. The van der Waals surface area contributed by atoms with Gasteiger partial charge in [0.2, 0.25) is 0 Å². The van der Waals surface area contributed by atoms with Gasteiger partial charge in [-0.25, -0.2) is 0 Å². The highest BCUT2D eigenvalue weighted by Crippen LogP contribution is 2.35. The van der Waals surface area contributed by atoms with Crippen molar-refractivity contribution in [2.75, 3.05) is 6.54 Å². The highest BCUT2D eigenvalue weighted by molar-refractivity contribution is 6.46. The summed E-state index contributed by atoms with van der Waals surface area (Å²) < 4.78 is 0. The lowest BCUT2D eigenvalue weighted by Gasteiger charge is -2.15. The highest BCUT2D eigenvalue weighted by Gasteiger charge is 2.25. The molecular formula is C9H7Cl2NO3. The zero-order chi connectivity index (χ0) is 11.6. The van der Waals surface area contributed by atoms with E-state index in [1.807, 2.05) is 0 Å². The molecular weight excluding hydrogens is 241 g/mol. The highest BCUT2D eigenvalue weighted by atomic mass is 35.5. The summed E-state index contributed by atoms with van der Waals surface area (Å²) in [6.45, 7) is -0.278. The minimum absolute atomic E-state index is 0.00870. The molecule has 0 aromatic heterocycles. The van der Waals surface area contributed by atoms with E-state index in [-0.39, 0.29) is 12.3 Å². The summed E-state index contributed by atoms with van der Waals surface area (Å²) in [6.07, 6.45) is 0. The van der Waals surface area contributed by atoms with Crippen molar-refractivity contribution in [2.24, 2.45) is 5.73 Å². The first-order valence-electron chi connectivity index (χ1n) is 3.93. The quantitative estimate of drug-likeness (QED) is 0.802. The molecule has 0 heterocycles. The zero-order valence-electron chi connectivity index (χ0n) is 7.46. The van der Waals surface area contributed by atoms with Gasteiger partial charge in [0.05, 0.1) is 16.6 Å². The number of nitrogens with two attached hydrogens (primary N) is 1. The second-order valence-electron chi connectivity index (χ2n) is 2.75. The first-order valence-corrected chi connectivity index (χ1v) is 4.68. The molecule has 2 bridgehead atoms. The summed E-state index contributed by atoms with van der Waals surface area (Å²) in [5.74, 6) is -0.959. The van der Waals surface area contributed by atoms with Crippen molar-refractivity contribution < 1.29 is 14.7 Å². The van der Waals surface area contributed by atoms with E-state index in [9.17, 15) is 9.59 Å². The summed E-state index contributed by atoms with van der Waals surface area (Å²) in [6, 6.07) is 3.32. The van der Waals surface area contributed by atoms with Crippen molar-refractivity contribution in [1.29, 1.82) is 0 Å². The summed E-state index contributed by atoms with van der Waals surface area (Å²) in [5.41, 5.74) is 5.77. The molecule has 1 aromatic carbocycles. The Morgan fingerprint density at radius 1 is 1.40 bits per heavy atom. The fourth-order valence-electron chi connectivity index (χ4n) is 0.963. The molecule has 2 aliphatic carbocycles. The molecule has 4 nitrogen and oxygen atoms in total. The molecule has 0 atom stereocenters. The van der Waals surface area contributed by atoms with E-state index in [0.717, 1.165) is 0 Å². The van der Waals surface area contributed by atoms with Crippen LogP contribution < -0.4 is 5.73 Å². The van der Waals surface area contributed by atoms with E-state index in [0.29, 0.717) is 21.2 Å². The number of fused-ring (bicyclic) bond motifs is 2. The Kier molecular flexibility index (Phi) is 3.68. The number of rotatable bonds is 1. The zero-order valence-corrected chi connectivity index (χ0v) is 8.97. The van der Waals surface area contributed by atoms with Crippen LogP contribution in [-0.2, 0) is 4.79 Å². The van der Waals surface area contributed by atoms with Gasteiger partial charge in [0.1, 0.15) is 0 Å². The number of ketones is 1. The van der Waals surface area contributed by atoms with E-state index < -0.39 is 5.97 Å². The van der Waals surface area contributed by atoms with E-state index in [2.05, 4.69) is 5.73 Å². The van der Waals surface area contributed by atoms with Crippen LogP contribution in [0.2, 0.25) is 10.0 Å². The molecule has 3 rings (SSSR count). The van der Waals surface area contributed by atoms with Crippen molar-refractivity contribution >= 4 is 35.0 Å². The smallest absolute Gasteiger partial charge is 0.317 e. The van der Waals surface area contributed by atoms with Gasteiger partial charge in [0.25, 0.3) is 0 Å². The Balaban J connectivity index is 0.000000195. The largest absolute Gasteiger partial charge is 0.480 e. The van der Waals surface area contributed by atoms with Gasteiger partial charge in [-0.3, -0.25) is 9.59 Å². The van der Waals surface area contributed by atoms with Gasteiger partial charge in [0.15, 0.2) is 5.78 Å². The first-order chi connectivity index (χ1) is 6.97. The van der Waals surface area contributed by atoms with Crippen LogP contribution in [0.3, 0.4) is 0 Å². The SMILES string of the molecule is NCC(=O)O.O=C1c2cc(Cl)c(Cl)c1c2. The minimum atomic E-state index is -0.968. The van der Waals surface area contributed by atoms with Gasteiger partial charge < -0.3 is 10.8 Å². The molecule has 3 N–H and O–H groups in total. The Labute approximate surface area is 95.6 Å². The number of benzene rings is 1. The van der Waals surface area contributed by atoms with Crippen molar-refractivity contribution in [1.82, 2.24) is 0 Å². The number of hydrogen-bond acceptors (Lipinski definition) is 3. The maximum absolute atomic E-state index is 10.9. The summed E-state index contributed by atoms with van der Waals surface area (Å²) in [7, 11) is 0. The molecule has 15 heavy (non-hydrogen) atoms. The van der Waals surface area contributed by atoms with Gasteiger partial charge in [-0.15, -0.1) is 0 Å². The maximum atomic E-state index is 10.9. The van der Waals surface area contributed by atoms with Crippen molar-refractivity contribution in [3.05, 3.63) is 33.3 Å². The fraction of sp³-hybridized carbons (Fsp3) is 0.111. The molecule has 6 heteroatoms. The topological polar surface area (TPSA) is 80.4 Å². The second kappa shape index (κ2) is 4.61. The molecule has 0 amide bonds. The number of carboxylic acid groups (broad SMARTS) is 1. The third-order valence-electron chi connectivity index (χ3n) is 1.71. The summed E-state index contributed by atoms with van der Waals surface area (Å²) in [4.78, 5) is 20.1. The van der Waals surface area contributed by atoms with Gasteiger partial charge >= 0.3 is 5.97 Å². The van der Waals surface area contributed by atoms with Crippen LogP contribution in [0.1, 0.15) is 15.9 Å². The standard InChI is InChI=1S/C7H2Cl2O.C2H5NO2/c8-5-2-3-1-4(6(5)9)7(3)10;3-1-2(4)5/h1-2H;1,3H2,(H,4,5). The maximum Gasteiger partial charge on any atom is 0.317 e. The number of halogens is 2. The third-order valence-corrected chi connectivity index (χ3v) is 2.51. The molecule has 0 saturated carbocycles. The molecule has 2 aliphatic rings. The average Bonchev–Trinajstić information content (AvgIpc) is 2.21. The number of carboxylic acids is 1. The second-order valence-corrected chi connectivity index (χ2v) is 3.53. The van der Waals surface area contributed by atoms with Crippen LogP contribution in [0.4, 0.5) is 0 Å². The van der Waals surface area contributed by atoms with E-state index in [4.69, 9.17) is 28.3 Å². The molecule has 0 aliphatic heterocycles. The van der Waals surface area contributed by atoms with Crippen LogP contribution in [0.5, 0.6) is 0 Å². The predicted octanol–water partition coefficient (Wildman–Crippen LogP) is 1.57. The van der Waals surface area contributed by atoms with Crippen molar-refractivity contribution in [2.45, 2.75) is 0 Å². The molecule has 80 valence electrons. The number of carbonyl (C=O) groups is 2. The van der Waals surface area contributed by atoms with Gasteiger partial charge in [-0.05, 0) is 12.1 Å². The lowest BCUT2D eigenvalue weighted by Crippen LogP contribution is -2.13. The summed E-state index contributed by atoms with van der Waals surface area (Å²) in [5, 5.41) is 8.44. The Morgan fingerprint density at radius 2 is 1.93 bits per heavy atom. The molecule has 0 saturated heterocycles. The van der Waals surface area contributed by atoms with Gasteiger partial charge in [-0.2, -0.15) is 0 Å². The Morgan fingerprint density at radius 3 is 2.20 bits per heavy atom. The molecule has 1 aromatic rings. The number of carbonyl (C=O) groups excluding carboxylic acids is 1. The lowest BCUT2D eigenvalue weighted by atomic mass is 9.92. The van der Waals surface area contributed by atoms with E-state index in [1.165, 1.54) is 0 Å². The Hall–Kier alpha value is -1.10. The van der Waals surface area contributed by atoms with Crippen LogP contribution in [0, 0.1) is 0 Å². The van der Waals surface area contributed by atoms with Gasteiger partial charge in [-0.1, -0.05) is 23.2 Å². The normalized spacial score (nSPS) is 11.3. The van der Waals surface area contributed by atoms with Crippen LogP contribution in [-0.4, -0.2) is 23.4 Å². The molecule has 0 fully saturated rings. The average molecular weight is 248 g/mol. The van der Waals surface area contributed by atoms with Gasteiger partial charge in [0, 0.05) is 11.1 Å². The Bertz CT molecular complexity index is 432. The number of hydrogen-bond donors (Lipinski definition) is 2. The predicted molar refractivity (Wildman–Crippen MR) is 56.6 cm³/mol. The van der Waals surface area contributed by atoms with Crippen LogP contribution in [0.25, 0.3) is 0 Å². The molecule has 0 unspecified atom stereocenters. The van der Waals surface area contributed by atoms with Crippen molar-refractivity contribution in [3.63, 3.8) is 0 Å². The fourth-order valence-corrected chi connectivity index (χ4v) is 1.38. The van der Waals surface area contributed by atoms with Crippen molar-refractivity contribution in [3.8, 4) is 0 Å². The monoisotopic (exact) mass is 247 g/mol. The van der Waals surface area contributed by atoms with Crippen LogP contribution >= 0.6 is 23.2 Å². The van der Waals surface area contributed by atoms with E-state index >= 15 is 0 Å².